The fraction of sp³-hybridized carbons (Fsp3) is 0.0909. The Labute approximate surface area is 101 Å². The van der Waals surface area contributed by atoms with Crippen LogP contribution in [-0.2, 0) is 0 Å². The molecule has 0 saturated heterocycles. The first-order chi connectivity index (χ1) is 8.09. The monoisotopic (exact) mass is 252 g/mol. The molecule has 1 N–H and O–H groups in total. The number of aromatic hydroxyl groups is 1. The summed E-state index contributed by atoms with van der Waals surface area (Å²) in [6.45, 7) is 0. The summed E-state index contributed by atoms with van der Waals surface area (Å²) in [5.74, 6) is -1.47. The molecule has 6 heteroatoms. The Hall–Kier alpha value is -1.95. The number of phenols is 1. The highest BCUT2D eigenvalue weighted by molar-refractivity contribution is 7.13. The predicted octanol–water partition coefficient (Wildman–Crippen LogP) is 2.26. The number of phenolic OH excluding ortho intramolecular Hbond substituents is 1. The largest absolute Gasteiger partial charge is 0.508 e. The number of aromatic nitrogens is 1. The first kappa shape index (κ1) is 11.5. The average molecular weight is 252 g/mol. The Balaban J connectivity index is 2.31. The summed E-state index contributed by atoms with van der Waals surface area (Å²) in [4.78, 5) is 17.2. The van der Waals surface area contributed by atoms with E-state index in [9.17, 15) is 9.18 Å². The van der Waals surface area contributed by atoms with Gasteiger partial charge in [0.15, 0.2) is 5.13 Å². The molecular weight excluding hydrogens is 243 g/mol. The first-order valence-corrected chi connectivity index (χ1v) is 5.63. The molecule has 1 aromatic heterocycles. The molecule has 1 aromatic carbocycles. The van der Waals surface area contributed by atoms with Gasteiger partial charge >= 0.3 is 0 Å². The van der Waals surface area contributed by atoms with Crippen LogP contribution in [0.4, 0.5) is 9.52 Å². The third-order valence-electron chi connectivity index (χ3n) is 2.19. The molecule has 0 fully saturated rings. The number of anilines is 1. The van der Waals surface area contributed by atoms with Gasteiger partial charge in [-0.25, -0.2) is 9.37 Å². The second-order valence-electron chi connectivity index (χ2n) is 3.34. The number of rotatable bonds is 2. The van der Waals surface area contributed by atoms with Crippen molar-refractivity contribution in [2.75, 3.05) is 11.9 Å². The van der Waals surface area contributed by atoms with E-state index in [2.05, 4.69) is 4.98 Å². The Kier molecular flexibility index (Phi) is 3.06. The van der Waals surface area contributed by atoms with Crippen molar-refractivity contribution in [2.45, 2.75) is 0 Å². The number of carbonyl (C=O) groups is 1. The number of thiazole rings is 1. The number of benzene rings is 1. The van der Waals surface area contributed by atoms with Crippen molar-refractivity contribution in [1.29, 1.82) is 0 Å². The second kappa shape index (κ2) is 4.50. The standard InChI is InChI=1S/C11H9FN2O2S/c1-14(11-13-4-5-17-11)10(16)8-3-2-7(15)6-9(8)12/h2-6,15H,1H3. The molecule has 0 radical (unpaired) electrons. The van der Waals surface area contributed by atoms with Gasteiger partial charge in [0.2, 0.25) is 0 Å². The van der Waals surface area contributed by atoms with Crippen LogP contribution >= 0.6 is 11.3 Å². The number of amides is 1. The van der Waals surface area contributed by atoms with Gasteiger partial charge in [0.1, 0.15) is 11.6 Å². The zero-order valence-electron chi connectivity index (χ0n) is 8.92. The smallest absolute Gasteiger partial charge is 0.262 e. The maximum Gasteiger partial charge on any atom is 0.262 e. The minimum atomic E-state index is -0.751. The lowest BCUT2D eigenvalue weighted by Gasteiger charge is -2.14. The molecule has 1 amide bonds. The van der Waals surface area contributed by atoms with Gasteiger partial charge in [0.05, 0.1) is 5.56 Å². The van der Waals surface area contributed by atoms with Crippen LogP contribution in [0, 0.1) is 5.82 Å². The highest BCUT2D eigenvalue weighted by Gasteiger charge is 2.19. The van der Waals surface area contributed by atoms with Crippen LogP contribution in [0.1, 0.15) is 10.4 Å². The summed E-state index contributed by atoms with van der Waals surface area (Å²) >= 11 is 1.29. The number of hydrogen-bond acceptors (Lipinski definition) is 4. The van der Waals surface area contributed by atoms with Crippen LogP contribution < -0.4 is 4.90 Å². The van der Waals surface area contributed by atoms with E-state index >= 15 is 0 Å². The van der Waals surface area contributed by atoms with Gasteiger partial charge in [-0.15, -0.1) is 11.3 Å². The average Bonchev–Trinajstić information content (AvgIpc) is 2.80. The van der Waals surface area contributed by atoms with Crippen LogP contribution in [0.5, 0.6) is 5.75 Å². The Morgan fingerprint density at radius 3 is 2.88 bits per heavy atom. The van der Waals surface area contributed by atoms with Crippen molar-refractivity contribution in [3.8, 4) is 5.75 Å². The van der Waals surface area contributed by atoms with Crippen LogP contribution in [-0.4, -0.2) is 23.0 Å². The van der Waals surface area contributed by atoms with Gasteiger partial charge in [0, 0.05) is 24.7 Å². The van der Waals surface area contributed by atoms with Gasteiger partial charge in [-0.05, 0) is 12.1 Å². The first-order valence-electron chi connectivity index (χ1n) is 4.75. The van der Waals surface area contributed by atoms with Crippen molar-refractivity contribution in [3.05, 3.63) is 41.2 Å². The minimum absolute atomic E-state index is 0.0968. The molecule has 0 aliphatic heterocycles. The van der Waals surface area contributed by atoms with Gasteiger partial charge in [0.25, 0.3) is 5.91 Å². The highest BCUT2D eigenvalue weighted by atomic mass is 32.1. The molecule has 0 aliphatic carbocycles. The molecule has 0 atom stereocenters. The number of halogens is 1. The Morgan fingerprint density at radius 1 is 1.53 bits per heavy atom. The number of hydrogen-bond donors (Lipinski definition) is 1. The zero-order chi connectivity index (χ0) is 12.4. The second-order valence-corrected chi connectivity index (χ2v) is 4.22. The highest BCUT2D eigenvalue weighted by Crippen LogP contribution is 2.21. The summed E-state index contributed by atoms with van der Waals surface area (Å²) in [7, 11) is 1.52. The van der Waals surface area contributed by atoms with E-state index in [4.69, 9.17) is 5.11 Å². The van der Waals surface area contributed by atoms with Crippen LogP contribution in [0.15, 0.2) is 29.8 Å². The molecule has 1 heterocycles. The van der Waals surface area contributed by atoms with Crippen LogP contribution in [0.25, 0.3) is 0 Å². The van der Waals surface area contributed by atoms with E-state index in [-0.39, 0.29) is 11.3 Å². The molecule has 17 heavy (non-hydrogen) atoms. The van der Waals surface area contributed by atoms with Crippen molar-refractivity contribution < 1.29 is 14.3 Å². The minimum Gasteiger partial charge on any atom is -0.508 e. The van der Waals surface area contributed by atoms with Crippen molar-refractivity contribution >= 4 is 22.4 Å². The summed E-state index contributed by atoms with van der Waals surface area (Å²) in [5.41, 5.74) is -0.0968. The fourth-order valence-electron chi connectivity index (χ4n) is 1.33. The lowest BCUT2D eigenvalue weighted by molar-refractivity contribution is 0.0989. The van der Waals surface area contributed by atoms with E-state index in [0.717, 1.165) is 6.07 Å². The van der Waals surface area contributed by atoms with E-state index in [1.54, 1.807) is 11.6 Å². The summed E-state index contributed by atoms with van der Waals surface area (Å²) in [5, 5.41) is 11.3. The Morgan fingerprint density at radius 2 is 2.29 bits per heavy atom. The summed E-state index contributed by atoms with van der Waals surface area (Å²) in [6, 6.07) is 3.42. The van der Waals surface area contributed by atoms with Crippen LogP contribution in [0.2, 0.25) is 0 Å². The molecule has 4 nitrogen and oxygen atoms in total. The van der Waals surface area contributed by atoms with Gasteiger partial charge in [-0.2, -0.15) is 0 Å². The van der Waals surface area contributed by atoms with Gasteiger partial charge in [-0.3, -0.25) is 9.69 Å². The molecule has 0 spiro atoms. The molecular formula is C11H9FN2O2S. The Bertz CT molecular complexity index is 542. The topological polar surface area (TPSA) is 53.4 Å². The summed E-state index contributed by atoms with van der Waals surface area (Å²) in [6.07, 6.45) is 1.57. The third-order valence-corrected chi connectivity index (χ3v) is 3.04. The lowest BCUT2D eigenvalue weighted by Crippen LogP contribution is -2.26. The molecule has 2 rings (SSSR count). The molecule has 0 bridgehead atoms. The zero-order valence-corrected chi connectivity index (χ0v) is 9.74. The van der Waals surface area contributed by atoms with Gasteiger partial charge in [-0.1, -0.05) is 0 Å². The van der Waals surface area contributed by atoms with E-state index < -0.39 is 11.7 Å². The third kappa shape index (κ3) is 2.26. The molecule has 88 valence electrons. The van der Waals surface area contributed by atoms with Crippen molar-refractivity contribution in [1.82, 2.24) is 4.98 Å². The van der Waals surface area contributed by atoms with E-state index in [0.29, 0.717) is 5.13 Å². The lowest BCUT2D eigenvalue weighted by atomic mass is 10.2. The van der Waals surface area contributed by atoms with Crippen molar-refractivity contribution in [2.24, 2.45) is 0 Å². The van der Waals surface area contributed by atoms with E-state index in [1.165, 1.54) is 35.4 Å². The fourth-order valence-corrected chi connectivity index (χ4v) is 1.93. The SMILES string of the molecule is CN(C(=O)c1ccc(O)cc1F)c1nccs1. The predicted molar refractivity (Wildman–Crippen MR) is 62.9 cm³/mol. The molecule has 0 unspecified atom stereocenters. The maximum absolute atomic E-state index is 13.5. The molecule has 2 aromatic rings. The quantitative estimate of drug-likeness (QED) is 0.892. The van der Waals surface area contributed by atoms with E-state index in [1.807, 2.05) is 0 Å². The molecule has 0 aliphatic rings. The normalized spacial score (nSPS) is 10.2. The number of nitrogens with zero attached hydrogens (tertiary/aromatic N) is 2. The number of carbonyl (C=O) groups excluding carboxylic acids is 1. The van der Waals surface area contributed by atoms with Gasteiger partial charge < -0.3 is 5.11 Å². The summed E-state index contributed by atoms with van der Waals surface area (Å²) < 4.78 is 13.5. The molecule has 0 saturated carbocycles. The van der Waals surface area contributed by atoms with Crippen LogP contribution in [0.3, 0.4) is 0 Å². The maximum atomic E-state index is 13.5. The van der Waals surface area contributed by atoms with Crippen molar-refractivity contribution in [3.63, 3.8) is 0 Å².